The van der Waals surface area contributed by atoms with Gasteiger partial charge in [0, 0.05) is 12.6 Å². The standard InChI is InChI=1S/C4H8N2O/c1-7-6-4-2-3-5-6/h3H,2,4H2,1H3. The second-order valence-corrected chi connectivity index (χ2v) is 1.35. The molecule has 0 fully saturated rings. The number of hydrogen-bond donors (Lipinski definition) is 0. The predicted molar refractivity (Wildman–Crippen MR) is 26.8 cm³/mol. The van der Waals surface area contributed by atoms with Crippen LogP contribution in [0.5, 0.6) is 0 Å². The van der Waals surface area contributed by atoms with E-state index in [1.807, 2.05) is 6.21 Å². The third kappa shape index (κ3) is 0.899. The van der Waals surface area contributed by atoms with Gasteiger partial charge in [0.25, 0.3) is 0 Å². The zero-order chi connectivity index (χ0) is 5.11. The molecule has 0 aromatic heterocycles. The molecular formula is C4H8N2O. The summed E-state index contributed by atoms with van der Waals surface area (Å²) in [5.41, 5.74) is 0. The summed E-state index contributed by atoms with van der Waals surface area (Å²) < 4.78 is 0. The summed E-state index contributed by atoms with van der Waals surface area (Å²) in [6.45, 7) is 0.899. The average molecular weight is 100 g/mol. The molecule has 0 aromatic carbocycles. The lowest BCUT2D eigenvalue weighted by Gasteiger charge is -2.06. The van der Waals surface area contributed by atoms with Gasteiger partial charge in [0.15, 0.2) is 0 Å². The summed E-state index contributed by atoms with van der Waals surface area (Å²) in [5.74, 6) is 0. The highest BCUT2D eigenvalue weighted by atomic mass is 16.7. The van der Waals surface area contributed by atoms with Crippen LogP contribution in [-0.4, -0.2) is 25.0 Å². The van der Waals surface area contributed by atoms with Crippen molar-refractivity contribution in [1.82, 2.24) is 5.17 Å². The van der Waals surface area contributed by atoms with Crippen LogP contribution in [0, 0.1) is 0 Å². The lowest BCUT2D eigenvalue weighted by Crippen LogP contribution is -2.10. The molecule has 0 aliphatic carbocycles. The van der Waals surface area contributed by atoms with Crippen LogP contribution in [0.15, 0.2) is 5.10 Å². The second kappa shape index (κ2) is 1.93. The van der Waals surface area contributed by atoms with Crippen molar-refractivity contribution >= 4 is 6.21 Å². The summed E-state index contributed by atoms with van der Waals surface area (Å²) in [5, 5.41) is 5.40. The Morgan fingerprint density at radius 2 is 2.71 bits per heavy atom. The molecule has 0 unspecified atom stereocenters. The molecule has 1 heterocycles. The van der Waals surface area contributed by atoms with Crippen molar-refractivity contribution in [1.29, 1.82) is 0 Å². The lowest BCUT2D eigenvalue weighted by molar-refractivity contribution is -0.121. The molecule has 3 nitrogen and oxygen atoms in total. The second-order valence-electron chi connectivity index (χ2n) is 1.35. The molecule has 0 spiro atoms. The molecule has 1 rings (SSSR count). The van der Waals surface area contributed by atoms with Gasteiger partial charge in [-0.15, -0.1) is 0 Å². The monoisotopic (exact) mass is 100 g/mol. The fraction of sp³-hybridized carbons (Fsp3) is 0.750. The van der Waals surface area contributed by atoms with E-state index in [9.17, 15) is 0 Å². The first-order valence-corrected chi connectivity index (χ1v) is 2.27. The molecule has 0 amide bonds. The first-order valence-electron chi connectivity index (χ1n) is 2.27. The van der Waals surface area contributed by atoms with Crippen LogP contribution < -0.4 is 0 Å². The maximum Gasteiger partial charge on any atom is 0.0698 e. The van der Waals surface area contributed by atoms with Gasteiger partial charge in [-0.25, -0.2) is 0 Å². The Bertz CT molecular complexity index is 81.8. The third-order valence-corrected chi connectivity index (χ3v) is 0.871. The van der Waals surface area contributed by atoms with Gasteiger partial charge in [-0.05, 0) is 0 Å². The van der Waals surface area contributed by atoms with Crippen molar-refractivity contribution in [2.24, 2.45) is 5.10 Å². The molecule has 0 radical (unpaired) electrons. The van der Waals surface area contributed by atoms with E-state index >= 15 is 0 Å². The van der Waals surface area contributed by atoms with Crippen LogP contribution in [-0.2, 0) is 4.84 Å². The van der Waals surface area contributed by atoms with Crippen LogP contribution in [0.1, 0.15) is 6.42 Å². The van der Waals surface area contributed by atoms with Gasteiger partial charge in [-0.3, -0.25) is 4.84 Å². The van der Waals surface area contributed by atoms with E-state index in [1.54, 1.807) is 12.3 Å². The molecule has 0 saturated heterocycles. The number of rotatable bonds is 1. The van der Waals surface area contributed by atoms with Crippen molar-refractivity contribution in [2.45, 2.75) is 6.42 Å². The molecule has 40 valence electrons. The van der Waals surface area contributed by atoms with E-state index in [-0.39, 0.29) is 0 Å². The van der Waals surface area contributed by atoms with Gasteiger partial charge in [-0.2, -0.15) is 10.3 Å². The molecule has 0 saturated carbocycles. The van der Waals surface area contributed by atoms with E-state index in [0.717, 1.165) is 13.0 Å². The predicted octanol–water partition coefficient (Wildman–Crippen LogP) is 0.239. The Balaban J connectivity index is 2.28. The van der Waals surface area contributed by atoms with Gasteiger partial charge in [-0.1, -0.05) is 0 Å². The zero-order valence-electron chi connectivity index (χ0n) is 4.29. The summed E-state index contributed by atoms with van der Waals surface area (Å²) in [6.07, 6.45) is 2.84. The first-order chi connectivity index (χ1) is 3.43. The molecule has 0 atom stereocenters. The maximum atomic E-state index is 4.75. The number of hydroxylamine groups is 1. The zero-order valence-corrected chi connectivity index (χ0v) is 4.29. The highest BCUT2D eigenvalue weighted by molar-refractivity contribution is 5.58. The van der Waals surface area contributed by atoms with Crippen LogP contribution in [0.4, 0.5) is 0 Å². The largest absolute Gasteiger partial charge is 0.260 e. The van der Waals surface area contributed by atoms with E-state index in [0.29, 0.717) is 0 Å². The van der Waals surface area contributed by atoms with Gasteiger partial charge in [0.2, 0.25) is 0 Å². The summed E-state index contributed by atoms with van der Waals surface area (Å²) in [7, 11) is 1.61. The summed E-state index contributed by atoms with van der Waals surface area (Å²) >= 11 is 0. The van der Waals surface area contributed by atoms with Crippen LogP contribution >= 0.6 is 0 Å². The maximum absolute atomic E-state index is 4.75. The van der Waals surface area contributed by atoms with E-state index < -0.39 is 0 Å². The SMILES string of the molecule is CON1CCC=N1. The fourth-order valence-corrected chi connectivity index (χ4v) is 0.513. The molecule has 1 aliphatic heterocycles. The highest BCUT2D eigenvalue weighted by Crippen LogP contribution is 1.96. The summed E-state index contributed by atoms with van der Waals surface area (Å²) in [4.78, 5) is 4.75. The smallest absolute Gasteiger partial charge is 0.0698 e. The average Bonchev–Trinajstić information content (AvgIpc) is 2.14. The van der Waals surface area contributed by atoms with Crippen LogP contribution in [0.3, 0.4) is 0 Å². The van der Waals surface area contributed by atoms with E-state index in [2.05, 4.69) is 5.10 Å². The normalized spacial score (nSPS) is 18.7. The minimum Gasteiger partial charge on any atom is -0.260 e. The molecule has 7 heavy (non-hydrogen) atoms. The molecule has 1 aliphatic rings. The highest BCUT2D eigenvalue weighted by Gasteiger charge is 2.00. The third-order valence-electron chi connectivity index (χ3n) is 0.871. The van der Waals surface area contributed by atoms with Gasteiger partial charge >= 0.3 is 0 Å². The number of hydrazone groups is 1. The van der Waals surface area contributed by atoms with Crippen LogP contribution in [0.2, 0.25) is 0 Å². The molecule has 0 aromatic rings. The quantitative estimate of drug-likeness (QED) is 0.471. The van der Waals surface area contributed by atoms with Crippen molar-refractivity contribution in [3.8, 4) is 0 Å². The Hall–Kier alpha value is -0.570. The Morgan fingerprint density at radius 3 is 3.00 bits per heavy atom. The Labute approximate surface area is 42.5 Å². The van der Waals surface area contributed by atoms with E-state index in [1.165, 1.54) is 0 Å². The Kier molecular flexibility index (Phi) is 1.26. The first kappa shape index (κ1) is 4.59. The minimum atomic E-state index is 0.899. The van der Waals surface area contributed by atoms with Crippen molar-refractivity contribution in [3.05, 3.63) is 0 Å². The molecule has 3 heteroatoms. The molecule has 0 bridgehead atoms. The summed E-state index contributed by atoms with van der Waals surface area (Å²) in [6, 6.07) is 0. The van der Waals surface area contributed by atoms with Gasteiger partial charge in [0.1, 0.15) is 0 Å². The Morgan fingerprint density at radius 1 is 1.86 bits per heavy atom. The number of hydrogen-bond acceptors (Lipinski definition) is 3. The van der Waals surface area contributed by atoms with Gasteiger partial charge in [0.05, 0.1) is 13.7 Å². The topological polar surface area (TPSA) is 24.8 Å². The number of nitrogens with zero attached hydrogens (tertiary/aromatic N) is 2. The van der Waals surface area contributed by atoms with Crippen molar-refractivity contribution in [2.75, 3.05) is 13.7 Å². The van der Waals surface area contributed by atoms with Crippen LogP contribution in [0.25, 0.3) is 0 Å². The van der Waals surface area contributed by atoms with Crippen molar-refractivity contribution < 1.29 is 4.84 Å². The molecule has 0 N–H and O–H groups in total. The lowest BCUT2D eigenvalue weighted by atomic mass is 10.5. The fourth-order valence-electron chi connectivity index (χ4n) is 0.513. The van der Waals surface area contributed by atoms with Gasteiger partial charge < -0.3 is 0 Å². The molecular weight excluding hydrogens is 92.1 g/mol. The van der Waals surface area contributed by atoms with E-state index in [4.69, 9.17) is 4.84 Å². The van der Waals surface area contributed by atoms with Crippen molar-refractivity contribution in [3.63, 3.8) is 0 Å². The minimum absolute atomic E-state index is 0.899.